The summed E-state index contributed by atoms with van der Waals surface area (Å²) in [6.45, 7) is 1.70. The Labute approximate surface area is 136 Å². The molecule has 2 aromatic heterocycles. The quantitative estimate of drug-likeness (QED) is 0.439. The lowest BCUT2D eigenvalue weighted by molar-refractivity contribution is 0.563. The molecule has 21 heavy (non-hydrogen) atoms. The molecule has 0 saturated carbocycles. The van der Waals surface area contributed by atoms with E-state index in [0.29, 0.717) is 22.0 Å². The highest BCUT2D eigenvalue weighted by Gasteiger charge is 2.20. The number of rotatable bonds is 3. The van der Waals surface area contributed by atoms with Crippen LogP contribution < -0.4 is 0 Å². The lowest BCUT2D eigenvalue weighted by Crippen LogP contribution is -2.22. The molecule has 0 spiro atoms. The molecule has 3 rings (SSSR count). The van der Waals surface area contributed by atoms with Crippen molar-refractivity contribution in [2.45, 2.75) is 12.2 Å². The van der Waals surface area contributed by atoms with Gasteiger partial charge in [0, 0.05) is 16.6 Å². The Hall–Kier alpha value is -1.37. The Kier molecular flexibility index (Phi) is 4.02. The van der Waals surface area contributed by atoms with Gasteiger partial charge in [-0.15, -0.1) is 0 Å². The Morgan fingerprint density at radius 1 is 1.29 bits per heavy atom. The fourth-order valence-electron chi connectivity index (χ4n) is 2.35. The predicted molar refractivity (Wildman–Crippen MR) is 89.8 cm³/mol. The Morgan fingerprint density at radius 2 is 2.00 bits per heavy atom. The molecule has 3 aromatic rings. The van der Waals surface area contributed by atoms with Crippen molar-refractivity contribution in [1.29, 1.82) is 0 Å². The average molecular weight is 364 g/mol. The summed E-state index contributed by atoms with van der Waals surface area (Å²) in [6, 6.07) is 11.5. The molecule has 106 valence electrons. The number of hydrogen-bond donors (Lipinski definition) is 1. The highest BCUT2D eigenvalue weighted by Crippen LogP contribution is 2.28. The van der Waals surface area contributed by atoms with E-state index in [2.05, 4.69) is 25.9 Å². The van der Waals surface area contributed by atoms with Crippen molar-refractivity contribution in [3.63, 3.8) is 0 Å². The molecule has 0 aliphatic rings. The summed E-state index contributed by atoms with van der Waals surface area (Å²) >= 11 is 9.72. The molecular weight excluding hydrogens is 352 g/mol. The van der Waals surface area contributed by atoms with Crippen LogP contribution in [0.5, 0.6) is 0 Å². The smallest absolute Gasteiger partial charge is 0.415 e. The SMILES string of the molecule is CB(O)n1c(CBr)cc2c(Cl)nc(-c3ccccc3)nc21. The molecule has 0 atom stereocenters. The first-order chi connectivity index (χ1) is 10.1. The molecule has 7 heteroatoms. The van der Waals surface area contributed by atoms with E-state index in [4.69, 9.17) is 11.6 Å². The van der Waals surface area contributed by atoms with E-state index in [1.807, 2.05) is 36.4 Å². The topological polar surface area (TPSA) is 50.9 Å². The third-order valence-corrected chi connectivity index (χ3v) is 4.13. The van der Waals surface area contributed by atoms with Gasteiger partial charge >= 0.3 is 7.05 Å². The van der Waals surface area contributed by atoms with Gasteiger partial charge in [-0.25, -0.2) is 9.97 Å². The Bertz CT molecular complexity index is 792. The lowest BCUT2D eigenvalue weighted by Gasteiger charge is -2.09. The molecule has 0 radical (unpaired) electrons. The van der Waals surface area contributed by atoms with E-state index in [9.17, 15) is 5.02 Å². The van der Waals surface area contributed by atoms with Crippen LogP contribution in [0.15, 0.2) is 36.4 Å². The molecule has 0 aliphatic heterocycles. The number of hydrogen-bond acceptors (Lipinski definition) is 3. The van der Waals surface area contributed by atoms with Crippen LogP contribution in [-0.4, -0.2) is 26.5 Å². The maximum Gasteiger partial charge on any atom is 0.415 e. The van der Waals surface area contributed by atoms with E-state index in [1.54, 1.807) is 11.3 Å². The minimum Gasteiger partial charge on any atom is -0.432 e. The van der Waals surface area contributed by atoms with E-state index in [1.165, 1.54) is 0 Å². The van der Waals surface area contributed by atoms with Gasteiger partial charge < -0.3 is 9.50 Å². The second-order valence-corrected chi connectivity index (χ2v) is 5.63. The lowest BCUT2D eigenvalue weighted by atomic mass is 9.88. The molecule has 4 nitrogen and oxygen atoms in total. The van der Waals surface area contributed by atoms with E-state index in [0.717, 1.165) is 16.6 Å². The van der Waals surface area contributed by atoms with Crippen LogP contribution in [0, 0.1) is 0 Å². The zero-order valence-corrected chi connectivity index (χ0v) is 13.6. The van der Waals surface area contributed by atoms with Gasteiger partial charge in [0.25, 0.3) is 0 Å². The number of fused-ring (bicyclic) bond motifs is 1. The molecule has 0 amide bonds. The van der Waals surface area contributed by atoms with Crippen LogP contribution in [0.2, 0.25) is 12.0 Å². The van der Waals surface area contributed by atoms with Crippen molar-refractivity contribution in [3.05, 3.63) is 47.2 Å². The third kappa shape index (κ3) is 2.59. The minimum atomic E-state index is -0.690. The van der Waals surface area contributed by atoms with E-state index < -0.39 is 7.05 Å². The Balaban J connectivity index is 2.30. The first kappa shape index (κ1) is 14.6. The van der Waals surface area contributed by atoms with Gasteiger partial charge in [-0.3, -0.25) is 0 Å². The van der Waals surface area contributed by atoms with Gasteiger partial charge in [0.05, 0.1) is 5.39 Å². The fraction of sp³-hybridized carbons (Fsp3) is 0.143. The molecule has 1 aromatic carbocycles. The Morgan fingerprint density at radius 3 is 2.62 bits per heavy atom. The molecule has 0 unspecified atom stereocenters. The average Bonchev–Trinajstić information content (AvgIpc) is 2.87. The van der Waals surface area contributed by atoms with Gasteiger partial charge in [0.15, 0.2) is 5.82 Å². The van der Waals surface area contributed by atoms with Crippen LogP contribution in [0.25, 0.3) is 22.4 Å². The van der Waals surface area contributed by atoms with Gasteiger partial charge in [-0.05, 0) is 12.9 Å². The molecule has 0 saturated heterocycles. The molecule has 0 aliphatic carbocycles. The number of nitrogens with zero attached hydrogens (tertiary/aromatic N) is 3. The van der Waals surface area contributed by atoms with Gasteiger partial charge in [0.2, 0.25) is 0 Å². The van der Waals surface area contributed by atoms with Gasteiger partial charge in [0.1, 0.15) is 10.8 Å². The third-order valence-electron chi connectivity index (χ3n) is 3.27. The number of halogens is 2. The maximum atomic E-state index is 10.0. The second kappa shape index (κ2) is 5.79. The largest absolute Gasteiger partial charge is 0.432 e. The minimum absolute atomic E-state index is 0.389. The van der Waals surface area contributed by atoms with E-state index in [-0.39, 0.29) is 0 Å². The first-order valence-corrected chi connectivity index (χ1v) is 7.98. The monoisotopic (exact) mass is 363 g/mol. The van der Waals surface area contributed by atoms with Crippen LogP contribution in [-0.2, 0) is 5.33 Å². The fourth-order valence-corrected chi connectivity index (χ4v) is 3.00. The van der Waals surface area contributed by atoms with Crippen LogP contribution in [0.1, 0.15) is 5.69 Å². The van der Waals surface area contributed by atoms with Crippen molar-refractivity contribution in [2.24, 2.45) is 0 Å². The highest BCUT2D eigenvalue weighted by atomic mass is 79.9. The van der Waals surface area contributed by atoms with Gasteiger partial charge in [-0.1, -0.05) is 57.9 Å². The maximum absolute atomic E-state index is 10.0. The van der Waals surface area contributed by atoms with E-state index >= 15 is 0 Å². The zero-order valence-electron chi connectivity index (χ0n) is 11.3. The number of benzene rings is 1. The van der Waals surface area contributed by atoms with Crippen LogP contribution in [0.3, 0.4) is 0 Å². The summed E-state index contributed by atoms with van der Waals surface area (Å²) in [7, 11) is -0.690. The normalized spacial score (nSPS) is 11.0. The summed E-state index contributed by atoms with van der Waals surface area (Å²) in [5.41, 5.74) is 2.43. The summed E-state index contributed by atoms with van der Waals surface area (Å²) in [4.78, 5) is 8.95. The summed E-state index contributed by atoms with van der Waals surface area (Å²) in [5.74, 6) is 0.550. The molecule has 0 bridgehead atoms. The van der Waals surface area contributed by atoms with Crippen molar-refractivity contribution in [1.82, 2.24) is 14.4 Å². The van der Waals surface area contributed by atoms with Crippen molar-refractivity contribution in [2.75, 3.05) is 0 Å². The first-order valence-electron chi connectivity index (χ1n) is 6.48. The number of alkyl halides is 1. The summed E-state index contributed by atoms with van der Waals surface area (Å²) in [6.07, 6.45) is 0. The summed E-state index contributed by atoms with van der Waals surface area (Å²) < 4.78 is 1.75. The molecule has 1 N–H and O–H groups in total. The highest BCUT2D eigenvalue weighted by molar-refractivity contribution is 9.08. The van der Waals surface area contributed by atoms with Crippen molar-refractivity contribution < 1.29 is 5.02 Å². The van der Waals surface area contributed by atoms with Gasteiger partial charge in [-0.2, -0.15) is 0 Å². The zero-order chi connectivity index (χ0) is 15.0. The van der Waals surface area contributed by atoms with Crippen LogP contribution in [0.4, 0.5) is 0 Å². The molecule has 2 heterocycles. The number of aromatic nitrogens is 3. The predicted octanol–water partition coefficient (Wildman–Crippen LogP) is 3.61. The van der Waals surface area contributed by atoms with Crippen molar-refractivity contribution >= 4 is 45.6 Å². The standard InChI is InChI=1S/C14H12BBrClN3O/c1-15(21)20-10(8-16)7-11-12(17)18-13(19-14(11)20)9-5-3-2-4-6-9/h2-7,21H,8H2,1H3. The van der Waals surface area contributed by atoms with Crippen molar-refractivity contribution in [3.8, 4) is 11.4 Å². The molecule has 0 fully saturated rings. The second-order valence-electron chi connectivity index (χ2n) is 4.71. The summed E-state index contributed by atoms with van der Waals surface area (Å²) in [5, 5.41) is 11.7. The molecular formula is C14H12BBrClN3O. The van der Waals surface area contributed by atoms with Crippen LogP contribution >= 0.6 is 27.5 Å².